The van der Waals surface area contributed by atoms with E-state index in [-0.39, 0.29) is 37.8 Å². The summed E-state index contributed by atoms with van der Waals surface area (Å²) in [5.74, 6) is -1.65. The third kappa shape index (κ3) is 4.78. The molecule has 94 valence electrons. The van der Waals surface area contributed by atoms with Crippen molar-refractivity contribution in [3.63, 3.8) is 0 Å². The summed E-state index contributed by atoms with van der Waals surface area (Å²) in [5, 5.41) is 2.54. The fraction of sp³-hybridized carbons (Fsp3) is 0.364. The van der Waals surface area contributed by atoms with Gasteiger partial charge in [-0.1, -0.05) is 0 Å². The van der Waals surface area contributed by atoms with Crippen molar-refractivity contribution in [2.45, 2.75) is 6.42 Å². The third-order valence-corrected chi connectivity index (χ3v) is 1.95. The van der Waals surface area contributed by atoms with E-state index in [9.17, 15) is 13.6 Å². The lowest BCUT2D eigenvalue weighted by atomic mass is 10.3. The Bertz CT molecular complexity index is 386. The predicted molar refractivity (Wildman–Crippen MR) is 58.5 cm³/mol. The maximum atomic E-state index is 13.1. The van der Waals surface area contributed by atoms with Crippen LogP contribution in [0.15, 0.2) is 18.2 Å². The molecule has 0 aliphatic heterocycles. The van der Waals surface area contributed by atoms with Crippen LogP contribution in [0.5, 0.6) is 5.75 Å². The highest BCUT2D eigenvalue weighted by molar-refractivity contribution is 5.75. The minimum atomic E-state index is -0.765. The van der Waals surface area contributed by atoms with Crippen LogP contribution >= 0.6 is 0 Å². The Hall–Kier alpha value is -1.69. The van der Waals surface area contributed by atoms with E-state index in [2.05, 4.69) is 5.32 Å². The number of ether oxygens (including phenoxy) is 1. The van der Waals surface area contributed by atoms with Crippen molar-refractivity contribution in [2.24, 2.45) is 5.73 Å². The lowest BCUT2D eigenvalue weighted by Crippen LogP contribution is -2.29. The first-order chi connectivity index (χ1) is 8.13. The number of benzene rings is 1. The summed E-state index contributed by atoms with van der Waals surface area (Å²) < 4.78 is 30.7. The molecule has 0 heterocycles. The highest BCUT2D eigenvalue weighted by atomic mass is 19.1. The summed E-state index contributed by atoms with van der Waals surface area (Å²) in [6, 6.07) is 3.04. The average Bonchev–Trinajstić information content (AvgIpc) is 2.27. The molecule has 1 rings (SSSR count). The van der Waals surface area contributed by atoms with Gasteiger partial charge < -0.3 is 15.8 Å². The minimum Gasteiger partial charge on any atom is -0.489 e. The van der Waals surface area contributed by atoms with E-state index in [1.54, 1.807) is 0 Å². The summed E-state index contributed by atoms with van der Waals surface area (Å²) in [5.41, 5.74) is 5.18. The smallest absolute Gasteiger partial charge is 0.221 e. The quantitative estimate of drug-likeness (QED) is 0.728. The Morgan fingerprint density at radius 1 is 1.41 bits per heavy atom. The molecule has 0 saturated heterocycles. The maximum Gasteiger partial charge on any atom is 0.221 e. The first-order valence-corrected chi connectivity index (χ1v) is 5.18. The molecular weight excluding hydrogens is 230 g/mol. The number of hydrogen-bond donors (Lipinski definition) is 2. The lowest BCUT2D eigenvalue weighted by Gasteiger charge is -2.08. The molecular formula is C11H14F2N2O2. The van der Waals surface area contributed by atoms with Gasteiger partial charge in [0.15, 0.2) is 11.6 Å². The molecule has 4 nitrogen and oxygen atoms in total. The summed E-state index contributed by atoms with van der Waals surface area (Å²) >= 11 is 0. The van der Waals surface area contributed by atoms with E-state index >= 15 is 0 Å². The molecule has 0 radical (unpaired) electrons. The molecule has 0 atom stereocenters. The molecule has 3 N–H and O–H groups in total. The lowest BCUT2D eigenvalue weighted by molar-refractivity contribution is -0.120. The van der Waals surface area contributed by atoms with Gasteiger partial charge in [0.25, 0.3) is 0 Å². The molecule has 1 amide bonds. The molecule has 17 heavy (non-hydrogen) atoms. The maximum absolute atomic E-state index is 13.1. The summed E-state index contributed by atoms with van der Waals surface area (Å²) in [6.45, 7) is 0.633. The van der Waals surface area contributed by atoms with Crippen molar-refractivity contribution >= 4 is 5.91 Å². The van der Waals surface area contributed by atoms with Crippen molar-refractivity contribution < 1.29 is 18.3 Å². The monoisotopic (exact) mass is 244 g/mol. The number of amides is 1. The fourth-order valence-corrected chi connectivity index (χ4v) is 1.16. The predicted octanol–water partition coefficient (Wildman–Crippen LogP) is 0.809. The van der Waals surface area contributed by atoms with E-state index in [0.29, 0.717) is 0 Å². The van der Waals surface area contributed by atoms with Crippen LogP contribution in [0.1, 0.15) is 6.42 Å². The van der Waals surface area contributed by atoms with E-state index in [0.717, 1.165) is 12.1 Å². The number of rotatable bonds is 6. The van der Waals surface area contributed by atoms with Gasteiger partial charge in [0, 0.05) is 19.0 Å². The molecule has 0 fully saturated rings. The zero-order chi connectivity index (χ0) is 12.7. The number of nitrogens with one attached hydrogen (secondary N) is 1. The Balaban J connectivity index is 2.29. The number of nitrogens with two attached hydrogens (primary N) is 1. The molecule has 1 aromatic carbocycles. The number of hydrogen-bond acceptors (Lipinski definition) is 3. The Labute approximate surface area is 97.8 Å². The van der Waals surface area contributed by atoms with Gasteiger partial charge in [-0.15, -0.1) is 0 Å². The van der Waals surface area contributed by atoms with Crippen molar-refractivity contribution in [2.75, 3.05) is 19.7 Å². The first kappa shape index (κ1) is 13.4. The van der Waals surface area contributed by atoms with E-state index < -0.39 is 11.6 Å². The van der Waals surface area contributed by atoms with Crippen LogP contribution < -0.4 is 15.8 Å². The van der Waals surface area contributed by atoms with Gasteiger partial charge in [-0.25, -0.2) is 8.78 Å². The standard InChI is InChI=1S/C11H14F2N2O2/c12-8-1-2-10(9(13)7-8)17-6-5-15-11(16)3-4-14/h1-2,7H,3-6,14H2,(H,15,16). The zero-order valence-electron chi connectivity index (χ0n) is 9.21. The molecule has 0 unspecified atom stereocenters. The molecule has 1 aromatic rings. The third-order valence-electron chi connectivity index (χ3n) is 1.95. The highest BCUT2D eigenvalue weighted by Gasteiger charge is 2.04. The van der Waals surface area contributed by atoms with Crippen LogP contribution in [-0.2, 0) is 4.79 Å². The highest BCUT2D eigenvalue weighted by Crippen LogP contribution is 2.17. The Morgan fingerprint density at radius 2 is 2.18 bits per heavy atom. The van der Waals surface area contributed by atoms with Crippen LogP contribution in [0.4, 0.5) is 8.78 Å². The van der Waals surface area contributed by atoms with E-state index in [1.807, 2.05) is 0 Å². The van der Waals surface area contributed by atoms with Gasteiger partial charge in [0.2, 0.25) is 5.91 Å². The van der Waals surface area contributed by atoms with Crippen LogP contribution in [0.2, 0.25) is 0 Å². The van der Waals surface area contributed by atoms with Gasteiger partial charge in [-0.05, 0) is 12.1 Å². The Kier molecular flexibility index (Phi) is 5.35. The normalized spacial score (nSPS) is 10.1. The molecule has 0 aromatic heterocycles. The summed E-state index contributed by atoms with van der Waals surface area (Å²) in [6.07, 6.45) is 0.241. The Morgan fingerprint density at radius 3 is 2.82 bits per heavy atom. The first-order valence-electron chi connectivity index (χ1n) is 5.18. The van der Waals surface area contributed by atoms with E-state index in [4.69, 9.17) is 10.5 Å². The van der Waals surface area contributed by atoms with Crippen LogP contribution in [0.25, 0.3) is 0 Å². The van der Waals surface area contributed by atoms with Crippen molar-refractivity contribution in [1.82, 2.24) is 5.32 Å². The molecule has 0 bridgehead atoms. The average molecular weight is 244 g/mol. The number of halogens is 2. The summed E-state index contributed by atoms with van der Waals surface area (Å²) in [4.78, 5) is 11.0. The van der Waals surface area contributed by atoms with Gasteiger partial charge in [-0.3, -0.25) is 4.79 Å². The zero-order valence-corrected chi connectivity index (χ0v) is 9.21. The van der Waals surface area contributed by atoms with Crippen molar-refractivity contribution in [3.05, 3.63) is 29.8 Å². The van der Waals surface area contributed by atoms with Crippen LogP contribution in [-0.4, -0.2) is 25.6 Å². The number of carbonyl (C=O) groups excluding carboxylic acids is 1. The van der Waals surface area contributed by atoms with Crippen molar-refractivity contribution in [3.8, 4) is 5.75 Å². The van der Waals surface area contributed by atoms with E-state index in [1.165, 1.54) is 6.07 Å². The van der Waals surface area contributed by atoms with Crippen molar-refractivity contribution in [1.29, 1.82) is 0 Å². The van der Waals surface area contributed by atoms with Gasteiger partial charge in [-0.2, -0.15) is 0 Å². The molecule has 6 heteroatoms. The molecule has 0 saturated carbocycles. The van der Waals surface area contributed by atoms with Gasteiger partial charge >= 0.3 is 0 Å². The SMILES string of the molecule is NCCC(=O)NCCOc1ccc(F)cc1F. The fourth-order valence-electron chi connectivity index (χ4n) is 1.16. The van der Waals surface area contributed by atoms with Gasteiger partial charge in [0.1, 0.15) is 12.4 Å². The van der Waals surface area contributed by atoms with Gasteiger partial charge in [0.05, 0.1) is 6.54 Å². The number of carbonyl (C=O) groups is 1. The molecule has 0 aliphatic carbocycles. The second-order valence-corrected chi connectivity index (χ2v) is 3.31. The van der Waals surface area contributed by atoms with Crippen LogP contribution in [0, 0.1) is 11.6 Å². The largest absolute Gasteiger partial charge is 0.489 e. The van der Waals surface area contributed by atoms with Crippen LogP contribution in [0.3, 0.4) is 0 Å². The molecule has 0 aliphatic rings. The summed E-state index contributed by atoms with van der Waals surface area (Å²) in [7, 11) is 0. The minimum absolute atomic E-state index is 0.0422. The second-order valence-electron chi connectivity index (χ2n) is 3.31. The second kappa shape index (κ2) is 6.80. The topological polar surface area (TPSA) is 64.4 Å². The molecule has 0 spiro atoms.